The molecule has 0 spiro atoms. The molecule has 0 aliphatic rings. The van der Waals surface area contributed by atoms with E-state index in [0.717, 1.165) is 6.07 Å². The second kappa shape index (κ2) is 14.7. The number of non-ortho nitro benzene ring substituents is 1. The molecule has 0 atom stereocenters. The zero-order chi connectivity index (χ0) is 37.1. The van der Waals surface area contributed by atoms with Gasteiger partial charge in [0.05, 0.1) is 37.3 Å². The van der Waals surface area contributed by atoms with Gasteiger partial charge >= 0.3 is 6.18 Å². The number of hydrogen-bond acceptors (Lipinski definition) is 7. The molecule has 0 aliphatic carbocycles. The van der Waals surface area contributed by atoms with E-state index in [4.69, 9.17) is 11.6 Å². The summed E-state index contributed by atoms with van der Waals surface area (Å²) in [5.74, 6) is -1.80. The molecule has 1 aromatic heterocycles. The number of hydrogen-bond donors (Lipinski definition) is 1. The number of nitrogens with zero attached hydrogens (tertiary/aromatic N) is 4. The Morgan fingerprint density at radius 3 is 2.41 bits per heavy atom. The predicted molar refractivity (Wildman–Crippen MR) is 179 cm³/mol. The highest BCUT2D eigenvalue weighted by atomic mass is 35.5. The summed E-state index contributed by atoms with van der Waals surface area (Å²) >= 11 is 6.05. The summed E-state index contributed by atoms with van der Waals surface area (Å²) in [5.41, 5.74) is -2.55. The number of nitro groups is 1. The fourth-order valence-corrected chi connectivity index (χ4v) is 6.85. The van der Waals surface area contributed by atoms with Crippen LogP contribution < -0.4 is 4.72 Å². The maximum atomic E-state index is 15.9. The quantitative estimate of drug-likeness (QED) is 0.0816. The SMILES string of the molecule is CCCCc1nn(-c2cc([N+](=O)[O-])ccc2C(F)(F)F)c(C#N)c1Cc1ccc(-c2ccccc2S(=O)(=O)NC(=O)c2ccccc2Cl)cc1F. The minimum absolute atomic E-state index is 0.00926. The predicted octanol–water partition coefficient (Wildman–Crippen LogP) is 8.18. The molecule has 1 heterocycles. The molecule has 262 valence electrons. The van der Waals surface area contributed by atoms with Gasteiger partial charge in [-0.25, -0.2) is 22.2 Å². The van der Waals surface area contributed by atoms with E-state index in [2.05, 4.69) is 5.10 Å². The number of carbonyl (C=O) groups excluding carboxylic acids is 1. The Morgan fingerprint density at radius 2 is 1.76 bits per heavy atom. The van der Waals surface area contributed by atoms with Gasteiger partial charge in [-0.15, -0.1) is 0 Å². The molecule has 1 N–H and O–H groups in total. The molecule has 16 heteroatoms. The summed E-state index contributed by atoms with van der Waals surface area (Å²) in [7, 11) is -4.49. The lowest BCUT2D eigenvalue weighted by molar-refractivity contribution is -0.384. The molecule has 5 rings (SSSR count). The fourth-order valence-electron chi connectivity index (χ4n) is 5.43. The van der Waals surface area contributed by atoms with Crippen LogP contribution in [0.1, 0.15) is 58.2 Å². The van der Waals surface area contributed by atoms with Crippen molar-refractivity contribution in [1.82, 2.24) is 14.5 Å². The molecule has 10 nitrogen and oxygen atoms in total. The van der Waals surface area contributed by atoms with Crippen molar-refractivity contribution in [3.05, 3.63) is 140 Å². The molecular weight excluding hydrogens is 714 g/mol. The maximum absolute atomic E-state index is 15.9. The van der Waals surface area contributed by atoms with E-state index < -0.39 is 49.8 Å². The summed E-state index contributed by atoms with van der Waals surface area (Å²) in [6.07, 6.45) is -3.85. The van der Waals surface area contributed by atoms with Crippen molar-refractivity contribution in [2.45, 2.75) is 43.7 Å². The lowest BCUT2D eigenvalue weighted by atomic mass is 9.97. The molecule has 0 fully saturated rings. The van der Waals surface area contributed by atoms with Crippen LogP contribution in [0.25, 0.3) is 16.8 Å². The largest absolute Gasteiger partial charge is 0.418 e. The first-order valence-electron chi connectivity index (χ1n) is 15.2. The van der Waals surface area contributed by atoms with Crippen molar-refractivity contribution in [3.63, 3.8) is 0 Å². The summed E-state index contributed by atoms with van der Waals surface area (Å²) in [6.45, 7) is 1.86. The molecule has 51 heavy (non-hydrogen) atoms. The van der Waals surface area contributed by atoms with Crippen LogP contribution in [0.15, 0.2) is 89.8 Å². The Balaban J connectivity index is 1.55. The summed E-state index contributed by atoms with van der Waals surface area (Å²) in [4.78, 5) is 23.0. The maximum Gasteiger partial charge on any atom is 0.418 e. The van der Waals surface area contributed by atoms with E-state index in [0.29, 0.717) is 35.7 Å². The molecule has 0 aliphatic heterocycles. The number of halogens is 5. The third-order valence-electron chi connectivity index (χ3n) is 7.92. The third kappa shape index (κ3) is 7.77. The van der Waals surface area contributed by atoms with Crippen molar-refractivity contribution < 1.29 is 35.7 Å². The van der Waals surface area contributed by atoms with Crippen molar-refractivity contribution in [1.29, 1.82) is 5.26 Å². The van der Waals surface area contributed by atoms with Crippen LogP contribution in [0.4, 0.5) is 23.2 Å². The minimum Gasteiger partial charge on any atom is -0.268 e. The van der Waals surface area contributed by atoms with Crippen molar-refractivity contribution in [2.24, 2.45) is 0 Å². The van der Waals surface area contributed by atoms with Crippen molar-refractivity contribution in [3.8, 4) is 22.9 Å². The van der Waals surface area contributed by atoms with Gasteiger partial charge in [-0.05, 0) is 54.3 Å². The Hall–Kier alpha value is -5.59. The van der Waals surface area contributed by atoms with Crippen molar-refractivity contribution >= 4 is 33.2 Å². The number of aromatic nitrogens is 2. The minimum atomic E-state index is -4.95. The molecule has 0 saturated carbocycles. The zero-order valence-corrected chi connectivity index (χ0v) is 28.1. The highest BCUT2D eigenvalue weighted by Gasteiger charge is 2.36. The number of nitro benzene ring substituents is 1. The summed E-state index contributed by atoms with van der Waals surface area (Å²) in [6, 6.07) is 19.1. The first-order valence-corrected chi connectivity index (χ1v) is 17.1. The van der Waals surface area contributed by atoms with Crippen LogP contribution in [-0.2, 0) is 29.0 Å². The van der Waals surface area contributed by atoms with Crippen LogP contribution >= 0.6 is 11.6 Å². The number of alkyl halides is 3. The molecule has 4 aromatic carbocycles. The van der Waals surface area contributed by atoms with Crippen LogP contribution in [0.3, 0.4) is 0 Å². The smallest absolute Gasteiger partial charge is 0.268 e. The van der Waals surface area contributed by atoms with Gasteiger partial charge in [0.25, 0.3) is 21.6 Å². The van der Waals surface area contributed by atoms with Gasteiger partial charge < -0.3 is 0 Å². The average Bonchev–Trinajstić information content (AvgIpc) is 3.44. The Bertz CT molecular complexity index is 2320. The number of aryl methyl sites for hydroxylation is 1. The Morgan fingerprint density at radius 1 is 1.06 bits per heavy atom. The number of amides is 1. The monoisotopic (exact) mass is 739 g/mol. The van der Waals surface area contributed by atoms with Gasteiger partial charge in [0.1, 0.15) is 17.6 Å². The van der Waals surface area contributed by atoms with Crippen LogP contribution in [0.2, 0.25) is 5.02 Å². The molecule has 0 saturated heterocycles. The molecule has 0 radical (unpaired) electrons. The summed E-state index contributed by atoms with van der Waals surface area (Å²) < 4.78 is 87.4. The number of nitriles is 1. The Labute approximate surface area is 294 Å². The lowest BCUT2D eigenvalue weighted by Gasteiger charge is -2.14. The highest BCUT2D eigenvalue weighted by Crippen LogP contribution is 2.37. The number of rotatable bonds is 11. The standard InChI is InChI=1S/C35H26ClF4N5O5S/c1-2-3-11-30-26(32(20-41)44(42-30)31-19-23(45(47)48)15-16-27(31)35(38,39)40)17-22-14-13-21(18-29(22)37)24-8-5-7-12-33(24)51(49,50)43-34(46)25-9-4-6-10-28(25)36/h4-10,12-16,18-19H,2-3,11,17H2,1H3,(H,43,46). The first-order chi connectivity index (χ1) is 24.2. The van der Waals surface area contributed by atoms with Crippen LogP contribution in [-0.4, -0.2) is 29.0 Å². The van der Waals surface area contributed by atoms with Crippen LogP contribution in [0.5, 0.6) is 0 Å². The van der Waals surface area contributed by atoms with E-state index in [1.807, 2.05) is 17.7 Å². The number of unbranched alkanes of at least 4 members (excludes halogenated alkanes) is 1. The van der Waals surface area contributed by atoms with E-state index in [1.54, 1.807) is 6.07 Å². The highest BCUT2D eigenvalue weighted by molar-refractivity contribution is 7.90. The molecule has 5 aromatic rings. The van der Waals surface area contributed by atoms with Gasteiger partial charge in [0.2, 0.25) is 0 Å². The van der Waals surface area contributed by atoms with Gasteiger partial charge in [0, 0.05) is 29.7 Å². The fraction of sp³-hybridized carbons (Fsp3) is 0.171. The van der Waals surface area contributed by atoms with E-state index >= 15 is 4.39 Å². The normalized spacial score (nSPS) is 11.6. The van der Waals surface area contributed by atoms with E-state index in [-0.39, 0.29) is 62.0 Å². The number of sulfonamides is 1. The number of benzene rings is 4. The zero-order valence-electron chi connectivity index (χ0n) is 26.5. The first kappa shape index (κ1) is 36.7. The summed E-state index contributed by atoms with van der Waals surface area (Å²) in [5, 5.41) is 25.9. The Kier molecular flexibility index (Phi) is 10.6. The third-order valence-corrected chi connectivity index (χ3v) is 9.64. The van der Waals surface area contributed by atoms with E-state index in [1.165, 1.54) is 54.6 Å². The second-order valence-electron chi connectivity index (χ2n) is 11.3. The molecule has 1 amide bonds. The second-order valence-corrected chi connectivity index (χ2v) is 13.3. The number of nitrogens with one attached hydrogen (secondary N) is 1. The van der Waals surface area contributed by atoms with E-state index in [9.17, 15) is 41.8 Å². The number of carbonyl (C=O) groups is 1. The van der Waals surface area contributed by atoms with Gasteiger partial charge in [-0.3, -0.25) is 14.9 Å². The topological polar surface area (TPSA) is 148 Å². The lowest BCUT2D eigenvalue weighted by Crippen LogP contribution is -2.31. The van der Waals surface area contributed by atoms with Gasteiger partial charge in [-0.2, -0.15) is 23.5 Å². The molecule has 0 unspecified atom stereocenters. The van der Waals surface area contributed by atoms with Gasteiger partial charge in [-0.1, -0.05) is 67.4 Å². The van der Waals surface area contributed by atoms with Gasteiger partial charge in [0.15, 0.2) is 0 Å². The van der Waals surface area contributed by atoms with Crippen LogP contribution in [0, 0.1) is 27.3 Å². The molecule has 0 bridgehead atoms. The average molecular weight is 740 g/mol. The van der Waals surface area contributed by atoms with Crippen molar-refractivity contribution in [2.75, 3.05) is 0 Å². The molecular formula is C35H26ClF4N5O5S.